The van der Waals surface area contributed by atoms with Crippen LogP contribution in [-0.4, -0.2) is 34.6 Å². The van der Waals surface area contributed by atoms with Crippen molar-refractivity contribution in [2.75, 3.05) is 7.11 Å². The molecule has 0 saturated heterocycles. The predicted molar refractivity (Wildman–Crippen MR) is 118 cm³/mol. The highest BCUT2D eigenvalue weighted by molar-refractivity contribution is 5.98. The van der Waals surface area contributed by atoms with Crippen molar-refractivity contribution in [3.8, 4) is 11.6 Å². The van der Waals surface area contributed by atoms with Crippen LogP contribution in [0.5, 0.6) is 11.6 Å². The fourth-order valence-corrected chi connectivity index (χ4v) is 3.26. The van der Waals surface area contributed by atoms with Gasteiger partial charge in [-0.1, -0.05) is 12.1 Å². The first-order valence-electron chi connectivity index (χ1n) is 10.2. The summed E-state index contributed by atoms with van der Waals surface area (Å²) in [5, 5.41) is 6.44. The number of ketones is 1. The molecular formula is C24H23F2N3O5. The molecule has 10 heteroatoms. The molecule has 178 valence electrons. The molecule has 1 atom stereocenters. The van der Waals surface area contributed by atoms with E-state index in [1.54, 1.807) is 19.1 Å². The van der Waals surface area contributed by atoms with E-state index in [9.17, 15) is 23.2 Å². The van der Waals surface area contributed by atoms with Crippen LogP contribution in [0.1, 0.15) is 68.6 Å². The number of aryl methyl sites for hydroxylation is 1. The normalized spacial score (nSPS) is 11.7. The van der Waals surface area contributed by atoms with Crippen LogP contribution in [0.2, 0.25) is 0 Å². The molecule has 3 rings (SSSR count). The largest absolute Gasteiger partial charge is 0.465 e. The van der Waals surface area contributed by atoms with Gasteiger partial charge in [-0.25, -0.2) is 18.3 Å². The van der Waals surface area contributed by atoms with E-state index < -0.39 is 35.6 Å². The van der Waals surface area contributed by atoms with Crippen molar-refractivity contribution in [2.24, 2.45) is 7.05 Å². The van der Waals surface area contributed by atoms with Crippen molar-refractivity contribution in [3.63, 3.8) is 0 Å². The Labute approximate surface area is 194 Å². The standard InChI is InChI=1S/C24H23F2N3O5/c1-13(15-5-7-17(8-6-15)24(32)33-4)27-22(31)19-20(21(25)26)28-29(3)23(19)34-18-11-9-16(10-12-18)14(2)30/h5-13,21H,1-4H3,(H,27,31)/t13-/m0/s1. The lowest BCUT2D eigenvalue weighted by Gasteiger charge is -2.16. The van der Waals surface area contributed by atoms with E-state index in [0.717, 1.165) is 4.68 Å². The van der Waals surface area contributed by atoms with Crippen LogP contribution >= 0.6 is 0 Å². The molecule has 1 amide bonds. The Morgan fingerprint density at radius 3 is 2.12 bits per heavy atom. The van der Waals surface area contributed by atoms with Crippen molar-refractivity contribution >= 4 is 17.7 Å². The second kappa shape index (κ2) is 10.2. The number of nitrogens with zero attached hydrogens (tertiary/aromatic N) is 2. The van der Waals surface area contributed by atoms with Gasteiger partial charge >= 0.3 is 5.97 Å². The molecule has 0 radical (unpaired) electrons. The Morgan fingerprint density at radius 1 is 1.00 bits per heavy atom. The average Bonchev–Trinajstić information content (AvgIpc) is 3.15. The number of aromatic nitrogens is 2. The SMILES string of the molecule is COC(=O)c1ccc([C@H](C)NC(=O)c2c(C(F)F)nn(C)c2Oc2ccc(C(C)=O)cc2)cc1. The molecule has 1 N–H and O–H groups in total. The summed E-state index contributed by atoms with van der Waals surface area (Å²) in [5.74, 6) is -1.37. The Bertz CT molecular complexity index is 1200. The van der Waals surface area contributed by atoms with Gasteiger partial charge in [0.05, 0.1) is 18.7 Å². The molecule has 1 aromatic heterocycles. The van der Waals surface area contributed by atoms with Crippen molar-refractivity contribution in [2.45, 2.75) is 26.3 Å². The zero-order valence-corrected chi connectivity index (χ0v) is 19.0. The summed E-state index contributed by atoms with van der Waals surface area (Å²) in [7, 11) is 2.65. The number of methoxy groups -OCH3 is 1. The summed E-state index contributed by atoms with van der Waals surface area (Å²) in [5.41, 5.74) is 0.319. The second-order valence-electron chi connectivity index (χ2n) is 7.48. The third-order valence-corrected chi connectivity index (χ3v) is 5.11. The highest BCUT2D eigenvalue weighted by Gasteiger charge is 2.30. The summed E-state index contributed by atoms with van der Waals surface area (Å²) in [4.78, 5) is 36.1. The number of halogens is 2. The van der Waals surface area contributed by atoms with Gasteiger partial charge in [-0.3, -0.25) is 9.59 Å². The summed E-state index contributed by atoms with van der Waals surface area (Å²) in [6.07, 6.45) is -3.01. The van der Waals surface area contributed by atoms with E-state index in [0.29, 0.717) is 16.7 Å². The second-order valence-corrected chi connectivity index (χ2v) is 7.48. The Kier molecular flexibility index (Phi) is 7.40. The monoisotopic (exact) mass is 471 g/mol. The third kappa shape index (κ3) is 5.28. The van der Waals surface area contributed by atoms with Gasteiger partial charge in [-0.05, 0) is 55.8 Å². The fourth-order valence-electron chi connectivity index (χ4n) is 3.26. The Balaban J connectivity index is 1.87. The molecule has 0 fully saturated rings. The molecule has 0 unspecified atom stereocenters. The minimum Gasteiger partial charge on any atom is -0.465 e. The number of carbonyl (C=O) groups is 3. The van der Waals surface area contributed by atoms with E-state index in [1.165, 1.54) is 57.5 Å². The highest BCUT2D eigenvalue weighted by atomic mass is 19.3. The molecule has 3 aromatic rings. The van der Waals surface area contributed by atoms with Crippen LogP contribution in [0.25, 0.3) is 0 Å². The molecular weight excluding hydrogens is 448 g/mol. The lowest BCUT2D eigenvalue weighted by atomic mass is 10.1. The summed E-state index contributed by atoms with van der Waals surface area (Å²) in [6.45, 7) is 3.09. The number of Topliss-reactive ketones (excluding diaryl/α,β-unsaturated/α-hetero) is 1. The van der Waals surface area contributed by atoms with Crippen molar-refractivity contribution in [1.82, 2.24) is 15.1 Å². The number of ether oxygens (including phenoxy) is 2. The molecule has 1 heterocycles. The number of nitrogens with one attached hydrogen (secondary N) is 1. The molecule has 2 aromatic carbocycles. The van der Waals surface area contributed by atoms with E-state index in [-0.39, 0.29) is 17.4 Å². The maximum atomic E-state index is 13.7. The molecule has 0 aliphatic heterocycles. The molecule has 0 aliphatic rings. The van der Waals surface area contributed by atoms with Crippen molar-refractivity contribution in [3.05, 3.63) is 76.5 Å². The maximum absolute atomic E-state index is 13.7. The summed E-state index contributed by atoms with van der Waals surface area (Å²) >= 11 is 0. The zero-order chi connectivity index (χ0) is 25.0. The van der Waals surface area contributed by atoms with Gasteiger partial charge in [-0.2, -0.15) is 5.10 Å². The summed E-state index contributed by atoms with van der Waals surface area (Å²) in [6, 6.07) is 11.8. The van der Waals surface area contributed by atoms with Crippen LogP contribution in [0, 0.1) is 0 Å². The van der Waals surface area contributed by atoms with Gasteiger partial charge in [0.25, 0.3) is 12.3 Å². The van der Waals surface area contributed by atoms with Crippen molar-refractivity contribution in [1.29, 1.82) is 0 Å². The fraction of sp³-hybridized carbons (Fsp3) is 0.250. The van der Waals surface area contributed by atoms with Crippen LogP contribution < -0.4 is 10.1 Å². The van der Waals surface area contributed by atoms with Crippen LogP contribution in [0.4, 0.5) is 8.78 Å². The first-order valence-corrected chi connectivity index (χ1v) is 10.2. The minimum atomic E-state index is -3.01. The predicted octanol–water partition coefficient (Wildman–Crippen LogP) is 4.63. The van der Waals surface area contributed by atoms with E-state index in [4.69, 9.17) is 4.74 Å². The van der Waals surface area contributed by atoms with Crippen LogP contribution in [-0.2, 0) is 11.8 Å². The lowest BCUT2D eigenvalue weighted by molar-refractivity contribution is 0.0600. The molecule has 34 heavy (non-hydrogen) atoms. The van der Waals surface area contributed by atoms with Gasteiger partial charge in [-0.15, -0.1) is 0 Å². The lowest BCUT2D eigenvalue weighted by Crippen LogP contribution is -2.27. The number of benzene rings is 2. The number of carbonyl (C=O) groups excluding carboxylic acids is 3. The number of rotatable bonds is 8. The molecule has 8 nitrogen and oxygen atoms in total. The number of amides is 1. The number of hydrogen-bond donors (Lipinski definition) is 1. The van der Waals surface area contributed by atoms with Gasteiger partial charge in [0.2, 0.25) is 5.88 Å². The Morgan fingerprint density at radius 2 is 1.59 bits per heavy atom. The van der Waals surface area contributed by atoms with Gasteiger partial charge in [0.1, 0.15) is 17.0 Å². The Hall–Kier alpha value is -4.08. The summed E-state index contributed by atoms with van der Waals surface area (Å²) < 4.78 is 38.8. The smallest absolute Gasteiger partial charge is 0.337 e. The van der Waals surface area contributed by atoms with E-state index in [2.05, 4.69) is 15.2 Å². The first-order chi connectivity index (χ1) is 16.1. The molecule has 0 spiro atoms. The topological polar surface area (TPSA) is 99.5 Å². The number of hydrogen-bond acceptors (Lipinski definition) is 6. The number of alkyl halides is 2. The zero-order valence-electron chi connectivity index (χ0n) is 19.0. The quantitative estimate of drug-likeness (QED) is 0.380. The van der Waals surface area contributed by atoms with Crippen LogP contribution in [0.15, 0.2) is 48.5 Å². The average molecular weight is 471 g/mol. The molecule has 0 aliphatic carbocycles. The molecule has 0 bridgehead atoms. The van der Waals surface area contributed by atoms with Gasteiger partial charge in [0.15, 0.2) is 5.78 Å². The van der Waals surface area contributed by atoms with Crippen LogP contribution in [0.3, 0.4) is 0 Å². The minimum absolute atomic E-state index is 0.138. The van der Waals surface area contributed by atoms with Crippen molar-refractivity contribution < 1.29 is 32.6 Å². The highest BCUT2D eigenvalue weighted by Crippen LogP contribution is 2.33. The third-order valence-electron chi connectivity index (χ3n) is 5.11. The van der Waals surface area contributed by atoms with Gasteiger partial charge in [0, 0.05) is 12.6 Å². The number of esters is 1. The first kappa shape index (κ1) is 24.6. The van der Waals surface area contributed by atoms with Gasteiger partial charge < -0.3 is 14.8 Å². The maximum Gasteiger partial charge on any atom is 0.337 e. The van der Waals surface area contributed by atoms with E-state index >= 15 is 0 Å². The van der Waals surface area contributed by atoms with E-state index in [1.807, 2.05) is 0 Å². The molecule has 0 saturated carbocycles.